The number of carbonyl (C=O) groups is 2. The summed E-state index contributed by atoms with van der Waals surface area (Å²) in [5.41, 5.74) is 2.50. The van der Waals surface area contributed by atoms with Crippen molar-refractivity contribution >= 4 is 151 Å². The Kier molecular flexibility index (Phi) is 13.1. The molecule has 4 aromatic carbocycles. The standard InChI is InChI=1S/2C20H17Br4NO3/c2*1-27-18(26)20(11-5-3-2-4-6-11)8-19(9-21)10-25-16-12(17(20)28-19)7-13(22)14(23)15(16)24/h2*2-7,17,25H,8-10H2,1H3/t2*17-,19+,20+/m11/s1. The molecule has 56 heavy (non-hydrogen) atoms. The van der Waals surface area contributed by atoms with Gasteiger partial charge in [-0.15, -0.1) is 0 Å². The number of hydrogen-bond acceptors (Lipinski definition) is 8. The summed E-state index contributed by atoms with van der Waals surface area (Å²) >= 11 is 29.1. The number of anilines is 2. The average Bonchev–Trinajstić information content (AvgIpc) is 3.65. The van der Waals surface area contributed by atoms with E-state index in [2.05, 4.69) is 138 Å². The molecule has 0 amide bonds. The number of hydrogen-bond donors (Lipinski definition) is 2. The number of esters is 2. The highest BCUT2D eigenvalue weighted by atomic mass is 79.9. The summed E-state index contributed by atoms with van der Waals surface area (Å²) in [6.07, 6.45) is 0.0468. The van der Waals surface area contributed by atoms with Crippen LogP contribution in [-0.4, -0.2) is 61.1 Å². The van der Waals surface area contributed by atoms with Crippen molar-refractivity contribution in [3.8, 4) is 0 Å². The van der Waals surface area contributed by atoms with Gasteiger partial charge in [0.05, 0.1) is 45.7 Å². The summed E-state index contributed by atoms with van der Waals surface area (Å²) in [5, 5.41) is 8.25. The van der Waals surface area contributed by atoms with Crippen LogP contribution in [0.2, 0.25) is 0 Å². The summed E-state index contributed by atoms with van der Waals surface area (Å²) in [7, 11) is 2.88. The molecular formula is C40H34Br8N2O6. The van der Waals surface area contributed by atoms with Crippen molar-refractivity contribution in [2.75, 3.05) is 48.6 Å². The summed E-state index contributed by atoms with van der Waals surface area (Å²) in [5.74, 6) is -0.566. The first-order chi connectivity index (χ1) is 26.8. The first-order valence-electron chi connectivity index (χ1n) is 17.3. The lowest BCUT2D eigenvalue weighted by Gasteiger charge is -2.34. The van der Waals surface area contributed by atoms with E-state index in [0.29, 0.717) is 36.6 Å². The summed E-state index contributed by atoms with van der Waals surface area (Å²) < 4.78 is 29.4. The fourth-order valence-corrected chi connectivity index (χ4v) is 12.8. The summed E-state index contributed by atoms with van der Waals surface area (Å²) in [4.78, 5) is 26.7. The molecule has 296 valence electrons. The van der Waals surface area contributed by atoms with Crippen molar-refractivity contribution in [2.45, 2.75) is 47.1 Å². The van der Waals surface area contributed by atoms with E-state index in [4.69, 9.17) is 18.9 Å². The molecule has 2 saturated heterocycles. The fourth-order valence-electron chi connectivity index (χ4n) is 8.54. The molecule has 6 atom stereocenters. The molecule has 0 aromatic heterocycles. The Bertz CT molecular complexity index is 2030. The minimum absolute atomic E-state index is 0.283. The molecule has 8 rings (SSSR count). The third kappa shape index (κ3) is 7.06. The van der Waals surface area contributed by atoms with Gasteiger partial charge in [-0.2, -0.15) is 0 Å². The number of methoxy groups -OCH3 is 2. The van der Waals surface area contributed by atoms with Gasteiger partial charge in [0.15, 0.2) is 0 Å². The molecule has 2 fully saturated rings. The largest absolute Gasteiger partial charge is 0.468 e. The van der Waals surface area contributed by atoms with E-state index < -0.39 is 34.2 Å². The van der Waals surface area contributed by atoms with Gasteiger partial charge < -0.3 is 29.6 Å². The monoisotopic (exact) mass is 1270 g/mol. The zero-order valence-electron chi connectivity index (χ0n) is 29.8. The average molecular weight is 1280 g/mol. The van der Waals surface area contributed by atoms with Gasteiger partial charge in [0, 0.05) is 65.6 Å². The minimum atomic E-state index is -0.937. The highest BCUT2D eigenvalue weighted by Crippen LogP contribution is 2.61. The van der Waals surface area contributed by atoms with Gasteiger partial charge in [-0.3, -0.25) is 9.59 Å². The lowest BCUT2D eigenvalue weighted by Crippen LogP contribution is -2.44. The van der Waals surface area contributed by atoms with Gasteiger partial charge >= 0.3 is 11.9 Å². The van der Waals surface area contributed by atoms with Crippen LogP contribution >= 0.6 is 127 Å². The number of halogens is 8. The lowest BCUT2D eigenvalue weighted by molar-refractivity contribution is -0.151. The van der Waals surface area contributed by atoms with Crippen LogP contribution < -0.4 is 10.6 Å². The van der Waals surface area contributed by atoms with Gasteiger partial charge in [-0.05, 0) is 119 Å². The molecule has 0 unspecified atom stereocenters. The van der Waals surface area contributed by atoms with Crippen LogP contribution in [0.15, 0.2) is 99.6 Å². The molecule has 4 aliphatic rings. The van der Waals surface area contributed by atoms with Crippen molar-refractivity contribution in [1.82, 2.24) is 0 Å². The first-order valence-corrected chi connectivity index (χ1v) is 24.3. The van der Waals surface area contributed by atoms with Crippen LogP contribution in [0.25, 0.3) is 0 Å². The predicted molar refractivity (Wildman–Crippen MR) is 246 cm³/mol. The van der Waals surface area contributed by atoms with E-state index >= 15 is 0 Å². The van der Waals surface area contributed by atoms with Crippen LogP contribution in [0.1, 0.15) is 47.3 Å². The minimum Gasteiger partial charge on any atom is -0.468 e. The molecule has 0 spiro atoms. The van der Waals surface area contributed by atoms with Gasteiger partial charge in [0.1, 0.15) is 23.0 Å². The van der Waals surface area contributed by atoms with Crippen molar-refractivity contribution < 1.29 is 28.5 Å². The van der Waals surface area contributed by atoms with E-state index in [9.17, 15) is 9.59 Å². The molecule has 4 heterocycles. The lowest BCUT2D eigenvalue weighted by atomic mass is 9.69. The Morgan fingerprint density at radius 2 is 0.982 bits per heavy atom. The van der Waals surface area contributed by atoms with Crippen molar-refractivity contribution in [3.63, 3.8) is 0 Å². The fraction of sp³-hybridized carbons (Fsp3) is 0.350. The van der Waals surface area contributed by atoms with Gasteiger partial charge in [0.25, 0.3) is 0 Å². The topological polar surface area (TPSA) is 95.1 Å². The zero-order valence-corrected chi connectivity index (χ0v) is 42.5. The second-order valence-electron chi connectivity index (χ2n) is 14.2. The summed E-state index contributed by atoms with van der Waals surface area (Å²) in [6.45, 7) is 1.14. The van der Waals surface area contributed by atoms with Crippen LogP contribution in [0.5, 0.6) is 0 Å². The van der Waals surface area contributed by atoms with E-state index in [1.165, 1.54) is 14.2 Å². The van der Waals surface area contributed by atoms with Gasteiger partial charge in [0.2, 0.25) is 0 Å². The molecule has 0 aliphatic carbocycles. The number of nitrogens with one attached hydrogen (secondary N) is 2. The Morgan fingerprint density at radius 1 is 0.625 bits per heavy atom. The maximum Gasteiger partial charge on any atom is 0.319 e. The second-order valence-corrected chi connectivity index (χ2v) is 20.3. The molecule has 4 aliphatic heterocycles. The highest BCUT2D eigenvalue weighted by molar-refractivity contribution is 9.15. The van der Waals surface area contributed by atoms with Gasteiger partial charge in [-0.1, -0.05) is 92.5 Å². The van der Waals surface area contributed by atoms with Gasteiger partial charge in [-0.25, -0.2) is 0 Å². The zero-order chi connectivity index (χ0) is 40.2. The Labute approximate surface area is 392 Å². The van der Waals surface area contributed by atoms with E-state index in [-0.39, 0.29) is 11.9 Å². The quantitative estimate of drug-likeness (QED) is 0.112. The number of benzene rings is 4. The van der Waals surface area contributed by atoms with E-state index in [0.717, 1.165) is 60.5 Å². The highest BCUT2D eigenvalue weighted by Gasteiger charge is 2.65. The Balaban J connectivity index is 0.000000172. The number of fused-ring (bicyclic) bond motifs is 8. The normalized spacial score (nSPS) is 28.2. The van der Waals surface area contributed by atoms with Crippen molar-refractivity contribution in [2.24, 2.45) is 0 Å². The smallest absolute Gasteiger partial charge is 0.319 e. The second kappa shape index (κ2) is 16.9. The van der Waals surface area contributed by atoms with Crippen LogP contribution in [0.4, 0.5) is 11.4 Å². The van der Waals surface area contributed by atoms with Crippen LogP contribution in [-0.2, 0) is 39.4 Å². The van der Waals surface area contributed by atoms with Crippen molar-refractivity contribution in [1.29, 1.82) is 0 Å². The molecule has 16 heteroatoms. The number of carbonyl (C=O) groups excluding carboxylic acids is 2. The Morgan fingerprint density at radius 3 is 1.30 bits per heavy atom. The predicted octanol–water partition coefficient (Wildman–Crippen LogP) is 12.2. The van der Waals surface area contributed by atoms with E-state index in [1.807, 2.05) is 72.8 Å². The number of rotatable bonds is 6. The number of alkyl halides is 2. The van der Waals surface area contributed by atoms with Crippen molar-refractivity contribution in [3.05, 3.63) is 122 Å². The SMILES string of the molecule is COC(=O)[C@]1(c2ccccc2)C[C@]2(CBr)CNc3c(cc(Br)c(Br)c3Br)[C@H]1O2.COC(=O)[C@]1(c2ccccc2)C[C@]2(CBr)CNc3c(cc(Br)c(Br)c3Br)[C@H]1O2. The molecule has 0 radical (unpaired) electrons. The third-order valence-electron chi connectivity index (χ3n) is 11.1. The Hall–Kier alpha value is -0.820. The molecular weight excluding hydrogens is 1240 g/mol. The molecule has 0 saturated carbocycles. The maximum atomic E-state index is 13.3. The number of ether oxygens (including phenoxy) is 4. The molecule has 8 nitrogen and oxygen atoms in total. The third-order valence-corrected chi connectivity index (χ3v) is 19.8. The molecule has 4 aromatic rings. The maximum absolute atomic E-state index is 13.3. The molecule has 4 bridgehead atoms. The summed E-state index contributed by atoms with van der Waals surface area (Å²) in [6, 6.07) is 23.6. The van der Waals surface area contributed by atoms with Crippen LogP contribution in [0.3, 0.4) is 0 Å². The molecule has 2 N–H and O–H groups in total. The van der Waals surface area contributed by atoms with Crippen LogP contribution in [0, 0.1) is 0 Å². The van der Waals surface area contributed by atoms with E-state index in [1.54, 1.807) is 0 Å². The first kappa shape index (κ1) is 43.3.